The Morgan fingerprint density at radius 2 is 2.23 bits per heavy atom. The van der Waals surface area contributed by atoms with Gasteiger partial charge in [-0.3, -0.25) is 4.79 Å². The Morgan fingerprint density at radius 1 is 1.36 bits per heavy atom. The number of hydrogen-bond donors (Lipinski definition) is 2. The van der Waals surface area contributed by atoms with Crippen molar-refractivity contribution in [1.29, 1.82) is 5.26 Å². The molecule has 0 spiro atoms. The molecule has 5 nitrogen and oxygen atoms in total. The fourth-order valence-electron chi connectivity index (χ4n) is 4.78. The summed E-state index contributed by atoms with van der Waals surface area (Å²) >= 11 is 0. The van der Waals surface area contributed by atoms with Crippen LogP contribution in [0.3, 0.4) is 0 Å². The number of fused-ring (bicyclic) bond motifs is 2. The molecular formula is C17H27N3O2. The van der Waals surface area contributed by atoms with Crippen LogP contribution in [0.15, 0.2) is 0 Å². The summed E-state index contributed by atoms with van der Waals surface area (Å²) in [7, 11) is 0. The highest BCUT2D eigenvalue weighted by atomic mass is 16.3. The van der Waals surface area contributed by atoms with Crippen LogP contribution in [0.1, 0.15) is 51.4 Å². The highest BCUT2D eigenvalue weighted by molar-refractivity contribution is 5.79. The molecule has 5 heteroatoms. The van der Waals surface area contributed by atoms with Gasteiger partial charge in [0.2, 0.25) is 5.91 Å². The standard InChI is InChI=1S/C17H27N3O2/c18-10-15-4-2-6-20(15)16(21)12-19-11-14-7-13-3-1-5-17(22,8-13)9-14/h13-15,19,22H,1-9,11-12H2/t13?,14?,15-,17?/m0/s1. The lowest BCUT2D eigenvalue weighted by Crippen LogP contribution is -2.46. The first kappa shape index (κ1) is 15.8. The third-order valence-electron chi connectivity index (χ3n) is 5.69. The van der Waals surface area contributed by atoms with E-state index >= 15 is 0 Å². The predicted octanol–water partition coefficient (Wildman–Crippen LogP) is 1.42. The number of nitrogens with one attached hydrogen (secondary N) is 1. The molecule has 22 heavy (non-hydrogen) atoms. The van der Waals surface area contributed by atoms with Gasteiger partial charge in [-0.15, -0.1) is 0 Å². The number of aliphatic hydroxyl groups is 1. The molecule has 2 bridgehead atoms. The van der Waals surface area contributed by atoms with Crippen molar-refractivity contribution in [1.82, 2.24) is 10.2 Å². The molecule has 0 radical (unpaired) electrons. The van der Waals surface area contributed by atoms with Gasteiger partial charge in [0.25, 0.3) is 0 Å². The van der Waals surface area contributed by atoms with Crippen molar-refractivity contribution in [3.63, 3.8) is 0 Å². The van der Waals surface area contributed by atoms with E-state index in [1.54, 1.807) is 4.90 Å². The average Bonchev–Trinajstić information content (AvgIpc) is 2.94. The fourth-order valence-corrected chi connectivity index (χ4v) is 4.78. The Labute approximate surface area is 132 Å². The average molecular weight is 305 g/mol. The lowest BCUT2D eigenvalue weighted by atomic mass is 9.65. The first-order chi connectivity index (χ1) is 10.6. The summed E-state index contributed by atoms with van der Waals surface area (Å²) < 4.78 is 0. The molecule has 3 fully saturated rings. The maximum Gasteiger partial charge on any atom is 0.237 e. The van der Waals surface area contributed by atoms with Crippen LogP contribution in [0.2, 0.25) is 0 Å². The van der Waals surface area contributed by atoms with Gasteiger partial charge in [0.1, 0.15) is 6.04 Å². The molecule has 1 aliphatic heterocycles. The lowest BCUT2D eigenvalue weighted by Gasteiger charge is -2.45. The molecule has 2 N–H and O–H groups in total. The van der Waals surface area contributed by atoms with Crippen LogP contribution < -0.4 is 5.32 Å². The van der Waals surface area contributed by atoms with E-state index in [4.69, 9.17) is 5.26 Å². The summed E-state index contributed by atoms with van der Waals surface area (Å²) in [4.78, 5) is 13.9. The van der Waals surface area contributed by atoms with Gasteiger partial charge in [-0.05, 0) is 56.9 Å². The van der Waals surface area contributed by atoms with Crippen LogP contribution >= 0.6 is 0 Å². The van der Waals surface area contributed by atoms with E-state index in [0.717, 1.165) is 45.1 Å². The van der Waals surface area contributed by atoms with E-state index in [-0.39, 0.29) is 11.9 Å². The van der Waals surface area contributed by atoms with E-state index in [9.17, 15) is 9.90 Å². The summed E-state index contributed by atoms with van der Waals surface area (Å²) in [5, 5.41) is 22.9. The van der Waals surface area contributed by atoms with Crippen LogP contribution in [0.5, 0.6) is 0 Å². The minimum Gasteiger partial charge on any atom is -0.390 e. The molecular weight excluding hydrogens is 278 g/mol. The summed E-state index contributed by atoms with van der Waals surface area (Å²) in [6, 6.07) is 1.98. The first-order valence-corrected chi connectivity index (χ1v) is 8.72. The number of rotatable bonds is 4. The van der Waals surface area contributed by atoms with Crippen molar-refractivity contribution in [2.75, 3.05) is 19.6 Å². The second-order valence-corrected chi connectivity index (χ2v) is 7.50. The summed E-state index contributed by atoms with van der Waals surface area (Å²) in [6.45, 7) is 1.83. The number of nitriles is 1. The lowest BCUT2D eigenvalue weighted by molar-refractivity contribution is -0.130. The summed E-state index contributed by atoms with van der Waals surface area (Å²) in [5.41, 5.74) is -0.446. The first-order valence-electron chi connectivity index (χ1n) is 8.72. The van der Waals surface area contributed by atoms with E-state index in [2.05, 4.69) is 11.4 Å². The van der Waals surface area contributed by atoms with Gasteiger partial charge in [-0.25, -0.2) is 0 Å². The zero-order valence-electron chi connectivity index (χ0n) is 13.3. The van der Waals surface area contributed by atoms with Gasteiger partial charge in [0.05, 0.1) is 18.2 Å². The van der Waals surface area contributed by atoms with E-state index in [1.807, 2.05) is 0 Å². The van der Waals surface area contributed by atoms with Crippen LogP contribution in [-0.2, 0) is 4.79 Å². The molecule has 122 valence electrons. The Kier molecular flexibility index (Phi) is 4.70. The number of nitrogens with zero attached hydrogens (tertiary/aromatic N) is 2. The summed E-state index contributed by atoms with van der Waals surface area (Å²) in [6.07, 6.45) is 8.10. The molecule has 0 aromatic rings. The highest BCUT2D eigenvalue weighted by Crippen LogP contribution is 2.44. The van der Waals surface area contributed by atoms with Gasteiger partial charge in [0, 0.05) is 6.54 Å². The summed E-state index contributed by atoms with van der Waals surface area (Å²) in [5.74, 6) is 1.18. The number of carbonyl (C=O) groups excluding carboxylic acids is 1. The normalized spacial score (nSPS) is 37.8. The van der Waals surface area contributed by atoms with Crippen LogP contribution in [-0.4, -0.2) is 47.2 Å². The van der Waals surface area contributed by atoms with E-state index in [0.29, 0.717) is 24.9 Å². The molecule has 3 aliphatic rings. The third kappa shape index (κ3) is 3.44. The van der Waals surface area contributed by atoms with Gasteiger partial charge < -0.3 is 15.3 Å². The topological polar surface area (TPSA) is 76.4 Å². The molecule has 0 aromatic carbocycles. The third-order valence-corrected chi connectivity index (χ3v) is 5.69. The van der Waals surface area contributed by atoms with Crippen molar-refractivity contribution in [3.05, 3.63) is 0 Å². The van der Waals surface area contributed by atoms with E-state index < -0.39 is 5.60 Å². The number of hydrogen-bond acceptors (Lipinski definition) is 4. The molecule has 1 heterocycles. The smallest absolute Gasteiger partial charge is 0.237 e. The van der Waals surface area contributed by atoms with Gasteiger partial charge in [-0.2, -0.15) is 5.26 Å². The van der Waals surface area contributed by atoms with Crippen LogP contribution in [0, 0.1) is 23.2 Å². The van der Waals surface area contributed by atoms with Crippen molar-refractivity contribution in [2.45, 2.75) is 63.0 Å². The van der Waals surface area contributed by atoms with Crippen LogP contribution in [0.4, 0.5) is 0 Å². The van der Waals surface area contributed by atoms with Gasteiger partial charge >= 0.3 is 0 Å². The largest absolute Gasteiger partial charge is 0.390 e. The maximum atomic E-state index is 12.2. The number of likely N-dealkylation sites (tertiary alicyclic amines) is 1. The van der Waals surface area contributed by atoms with Crippen molar-refractivity contribution in [3.8, 4) is 6.07 Å². The Hall–Kier alpha value is -1.12. The van der Waals surface area contributed by atoms with Crippen molar-refractivity contribution >= 4 is 5.91 Å². The molecule has 1 amide bonds. The second-order valence-electron chi connectivity index (χ2n) is 7.50. The molecule has 3 rings (SSSR count). The fraction of sp³-hybridized carbons (Fsp3) is 0.882. The predicted molar refractivity (Wildman–Crippen MR) is 82.8 cm³/mol. The monoisotopic (exact) mass is 305 g/mol. The minimum atomic E-state index is -0.446. The van der Waals surface area contributed by atoms with Gasteiger partial charge in [-0.1, -0.05) is 12.8 Å². The maximum absolute atomic E-state index is 12.2. The number of carbonyl (C=O) groups is 1. The zero-order chi connectivity index (χ0) is 15.6. The molecule has 0 aromatic heterocycles. The molecule has 1 saturated heterocycles. The number of amides is 1. The Balaban J connectivity index is 1.43. The second kappa shape index (κ2) is 6.55. The van der Waals surface area contributed by atoms with Gasteiger partial charge in [0.15, 0.2) is 0 Å². The SMILES string of the molecule is N#C[C@@H]1CCCN1C(=O)CNCC1CC2CCCC(O)(C2)C1. The van der Waals surface area contributed by atoms with Crippen LogP contribution in [0.25, 0.3) is 0 Å². The van der Waals surface area contributed by atoms with Crippen molar-refractivity contribution in [2.24, 2.45) is 11.8 Å². The quantitative estimate of drug-likeness (QED) is 0.823. The molecule has 4 atom stereocenters. The Bertz CT molecular complexity index is 461. The Morgan fingerprint density at radius 3 is 3.00 bits per heavy atom. The molecule has 2 aliphatic carbocycles. The zero-order valence-corrected chi connectivity index (χ0v) is 13.3. The van der Waals surface area contributed by atoms with E-state index in [1.165, 1.54) is 12.8 Å². The minimum absolute atomic E-state index is 0.0405. The van der Waals surface area contributed by atoms with Crippen molar-refractivity contribution < 1.29 is 9.90 Å². The molecule has 2 saturated carbocycles. The highest BCUT2D eigenvalue weighted by Gasteiger charge is 2.41. The molecule has 3 unspecified atom stereocenters.